The molecule has 0 fully saturated rings. The maximum atomic E-state index is 11.5. The standard InChI is InChI=1S/C12H16N4O3/c1-12(11(17)18,14-6-7-15-16-13)9-4-3-5-10(8-9)19-2/h3-5,8,14H,6-7H2,1-2H3,(H,17,18). The van der Waals surface area contributed by atoms with E-state index in [2.05, 4.69) is 15.3 Å². The van der Waals surface area contributed by atoms with Gasteiger partial charge in [-0.05, 0) is 30.2 Å². The Balaban J connectivity index is 2.96. The number of benzene rings is 1. The molecule has 0 aliphatic rings. The van der Waals surface area contributed by atoms with Crippen molar-refractivity contribution in [3.05, 3.63) is 40.3 Å². The van der Waals surface area contributed by atoms with Crippen molar-refractivity contribution in [3.8, 4) is 5.75 Å². The second kappa shape index (κ2) is 6.63. The van der Waals surface area contributed by atoms with Crippen molar-refractivity contribution < 1.29 is 14.6 Å². The number of nitrogens with one attached hydrogen (secondary N) is 1. The van der Waals surface area contributed by atoms with Gasteiger partial charge in [0.1, 0.15) is 11.3 Å². The van der Waals surface area contributed by atoms with Gasteiger partial charge in [-0.1, -0.05) is 17.2 Å². The fourth-order valence-electron chi connectivity index (χ4n) is 1.64. The maximum Gasteiger partial charge on any atom is 0.328 e. The molecule has 0 saturated heterocycles. The molecule has 0 saturated carbocycles. The van der Waals surface area contributed by atoms with E-state index in [4.69, 9.17) is 10.3 Å². The summed E-state index contributed by atoms with van der Waals surface area (Å²) in [5.74, 6) is -0.427. The molecule has 1 rings (SSSR count). The lowest BCUT2D eigenvalue weighted by Gasteiger charge is -2.27. The van der Waals surface area contributed by atoms with Crippen LogP contribution in [0.15, 0.2) is 29.4 Å². The van der Waals surface area contributed by atoms with Crippen LogP contribution >= 0.6 is 0 Å². The monoisotopic (exact) mass is 264 g/mol. The summed E-state index contributed by atoms with van der Waals surface area (Å²) in [6, 6.07) is 6.84. The number of hydrogen-bond acceptors (Lipinski definition) is 4. The van der Waals surface area contributed by atoms with E-state index in [1.165, 1.54) is 7.11 Å². The van der Waals surface area contributed by atoms with Gasteiger partial charge in [0.25, 0.3) is 0 Å². The molecule has 19 heavy (non-hydrogen) atoms. The Morgan fingerprint density at radius 3 is 2.95 bits per heavy atom. The molecule has 102 valence electrons. The van der Waals surface area contributed by atoms with Crippen LogP contribution in [0.5, 0.6) is 5.75 Å². The SMILES string of the molecule is COc1cccc(C(C)(NCCN=[N+]=[N-])C(=O)O)c1. The summed E-state index contributed by atoms with van der Waals surface area (Å²) in [5.41, 5.74) is 7.49. The summed E-state index contributed by atoms with van der Waals surface area (Å²) in [5, 5.41) is 15.6. The molecule has 0 aliphatic carbocycles. The summed E-state index contributed by atoms with van der Waals surface area (Å²) in [6.45, 7) is 2.01. The minimum absolute atomic E-state index is 0.184. The first-order valence-corrected chi connectivity index (χ1v) is 5.68. The average molecular weight is 264 g/mol. The zero-order chi connectivity index (χ0) is 14.3. The third-order valence-electron chi connectivity index (χ3n) is 2.83. The highest BCUT2D eigenvalue weighted by Crippen LogP contribution is 2.24. The van der Waals surface area contributed by atoms with Crippen LogP contribution in [-0.4, -0.2) is 31.3 Å². The number of carboxylic acids is 1. The molecule has 7 heteroatoms. The predicted molar refractivity (Wildman–Crippen MR) is 70.0 cm³/mol. The fraction of sp³-hybridized carbons (Fsp3) is 0.417. The van der Waals surface area contributed by atoms with Crippen LogP contribution in [0, 0.1) is 0 Å². The van der Waals surface area contributed by atoms with Crippen LogP contribution in [-0.2, 0) is 10.3 Å². The Kier molecular flexibility index (Phi) is 5.17. The van der Waals surface area contributed by atoms with E-state index < -0.39 is 11.5 Å². The van der Waals surface area contributed by atoms with Crippen molar-refractivity contribution in [3.63, 3.8) is 0 Å². The summed E-state index contributed by atoms with van der Waals surface area (Å²) < 4.78 is 5.09. The lowest BCUT2D eigenvalue weighted by molar-refractivity contribution is -0.144. The van der Waals surface area contributed by atoms with Gasteiger partial charge < -0.3 is 9.84 Å². The van der Waals surface area contributed by atoms with E-state index in [0.717, 1.165) is 0 Å². The number of hydrogen-bond donors (Lipinski definition) is 2. The number of rotatable bonds is 7. The van der Waals surface area contributed by atoms with Crippen molar-refractivity contribution in [1.82, 2.24) is 5.32 Å². The van der Waals surface area contributed by atoms with Crippen molar-refractivity contribution >= 4 is 5.97 Å². The molecule has 1 atom stereocenters. The molecule has 0 heterocycles. The zero-order valence-corrected chi connectivity index (χ0v) is 10.8. The first-order valence-electron chi connectivity index (χ1n) is 5.68. The number of nitrogens with zero attached hydrogens (tertiary/aromatic N) is 3. The number of aliphatic carboxylic acids is 1. The van der Waals surface area contributed by atoms with Crippen molar-refractivity contribution in [2.45, 2.75) is 12.5 Å². The smallest absolute Gasteiger partial charge is 0.328 e. The Hall–Kier alpha value is -2.24. The molecule has 0 spiro atoms. The molecule has 0 bridgehead atoms. The van der Waals surface area contributed by atoms with Gasteiger partial charge in [0.2, 0.25) is 0 Å². The van der Waals surface area contributed by atoms with Crippen molar-refractivity contribution in [2.24, 2.45) is 5.11 Å². The number of carbonyl (C=O) groups is 1. The number of ether oxygens (including phenoxy) is 1. The largest absolute Gasteiger partial charge is 0.497 e. The molecule has 1 aromatic carbocycles. The second-order valence-corrected chi connectivity index (χ2v) is 4.04. The molecule has 0 amide bonds. The topological polar surface area (TPSA) is 107 Å². The third kappa shape index (κ3) is 3.61. The maximum absolute atomic E-state index is 11.5. The van der Waals surface area contributed by atoms with Gasteiger partial charge in [-0.2, -0.15) is 0 Å². The lowest BCUT2D eigenvalue weighted by Crippen LogP contribution is -2.47. The van der Waals surface area contributed by atoms with Gasteiger partial charge in [0, 0.05) is 18.0 Å². The summed E-state index contributed by atoms with van der Waals surface area (Å²) in [7, 11) is 1.52. The highest BCUT2D eigenvalue weighted by atomic mass is 16.5. The molecular formula is C12H16N4O3. The van der Waals surface area contributed by atoms with Crippen LogP contribution < -0.4 is 10.1 Å². The number of carboxylic acid groups (broad SMARTS) is 1. The van der Waals surface area contributed by atoms with Crippen LogP contribution in [0.4, 0.5) is 0 Å². The Bertz CT molecular complexity index is 500. The van der Waals surface area contributed by atoms with Crippen LogP contribution in [0.1, 0.15) is 12.5 Å². The van der Waals surface area contributed by atoms with Gasteiger partial charge >= 0.3 is 5.97 Å². The van der Waals surface area contributed by atoms with E-state index in [1.54, 1.807) is 31.2 Å². The van der Waals surface area contributed by atoms with E-state index in [1.807, 2.05) is 0 Å². The lowest BCUT2D eigenvalue weighted by atomic mass is 9.92. The van der Waals surface area contributed by atoms with Gasteiger partial charge in [-0.15, -0.1) is 0 Å². The Morgan fingerprint density at radius 1 is 1.63 bits per heavy atom. The molecular weight excluding hydrogens is 248 g/mol. The Labute approximate surface area is 110 Å². The summed E-state index contributed by atoms with van der Waals surface area (Å²) in [4.78, 5) is 14.1. The second-order valence-electron chi connectivity index (χ2n) is 4.04. The van der Waals surface area contributed by atoms with E-state index in [0.29, 0.717) is 11.3 Å². The number of azide groups is 1. The van der Waals surface area contributed by atoms with Crippen molar-refractivity contribution in [1.29, 1.82) is 0 Å². The molecule has 1 unspecified atom stereocenters. The Morgan fingerprint density at radius 2 is 2.37 bits per heavy atom. The van der Waals surface area contributed by atoms with Crippen LogP contribution in [0.2, 0.25) is 0 Å². The van der Waals surface area contributed by atoms with Gasteiger partial charge in [-0.25, -0.2) is 4.79 Å². The molecule has 2 N–H and O–H groups in total. The zero-order valence-electron chi connectivity index (χ0n) is 10.8. The minimum Gasteiger partial charge on any atom is -0.497 e. The minimum atomic E-state index is -1.26. The van der Waals surface area contributed by atoms with Crippen LogP contribution in [0.25, 0.3) is 10.4 Å². The third-order valence-corrected chi connectivity index (χ3v) is 2.83. The predicted octanol–water partition coefficient (Wildman–Crippen LogP) is 1.89. The molecule has 7 nitrogen and oxygen atoms in total. The first kappa shape index (κ1) is 14.8. The van der Waals surface area contributed by atoms with Crippen molar-refractivity contribution in [2.75, 3.05) is 20.2 Å². The average Bonchev–Trinajstić information content (AvgIpc) is 2.43. The molecule has 0 radical (unpaired) electrons. The highest BCUT2D eigenvalue weighted by Gasteiger charge is 2.34. The van der Waals surface area contributed by atoms with Gasteiger partial charge in [0.15, 0.2) is 0 Å². The normalized spacial score (nSPS) is 13.2. The van der Waals surface area contributed by atoms with E-state index in [-0.39, 0.29) is 13.1 Å². The first-order chi connectivity index (χ1) is 9.04. The number of methoxy groups -OCH3 is 1. The molecule has 0 aliphatic heterocycles. The quantitative estimate of drug-likeness (QED) is 0.339. The van der Waals surface area contributed by atoms with Gasteiger partial charge in [-0.3, -0.25) is 5.32 Å². The molecule has 0 aromatic heterocycles. The van der Waals surface area contributed by atoms with E-state index in [9.17, 15) is 9.90 Å². The summed E-state index contributed by atoms with van der Waals surface area (Å²) in [6.07, 6.45) is 0. The van der Waals surface area contributed by atoms with Crippen LogP contribution in [0.3, 0.4) is 0 Å². The molecule has 1 aromatic rings. The fourth-order valence-corrected chi connectivity index (χ4v) is 1.64. The highest BCUT2D eigenvalue weighted by molar-refractivity contribution is 5.80. The van der Waals surface area contributed by atoms with E-state index >= 15 is 0 Å². The summed E-state index contributed by atoms with van der Waals surface area (Å²) >= 11 is 0. The van der Waals surface area contributed by atoms with Gasteiger partial charge in [0.05, 0.1) is 7.11 Å².